The average molecular weight is 291 g/mol. The summed E-state index contributed by atoms with van der Waals surface area (Å²) in [6.45, 7) is 3.11. The maximum absolute atomic E-state index is 13.4. The van der Waals surface area contributed by atoms with E-state index in [1.165, 1.54) is 6.07 Å². The maximum Gasteiger partial charge on any atom is 0.422 e. The highest BCUT2D eigenvalue weighted by Crippen LogP contribution is 2.17. The fourth-order valence-electron chi connectivity index (χ4n) is 1.13. The fourth-order valence-corrected chi connectivity index (χ4v) is 1.91. The van der Waals surface area contributed by atoms with Crippen LogP contribution >= 0.6 is 0 Å². The van der Waals surface area contributed by atoms with Gasteiger partial charge in [0.1, 0.15) is 5.82 Å². The zero-order valence-corrected chi connectivity index (χ0v) is 11.1. The lowest BCUT2D eigenvalue weighted by atomic mass is 10.3. The molecule has 1 amide bonds. The molecule has 1 aromatic carbocycles. The summed E-state index contributed by atoms with van der Waals surface area (Å²) >= 11 is 0. The molecule has 4 N–H and O–H groups in total. The number of carbonyl (C=O) groups is 1. The summed E-state index contributed by atoms with van der Waals surface area (Å²) in [4.78, 5) is 11.1. The summed E-state index contributed by atoms with van der Waals surface area (Å²) < 4.78 is 44.4. The van der Waals surface area contributed by atoms with Crippen LogP contribution in [0, 0.1) is 5.82 Å². The Hall–Kier alpha value is -2.03. The number of nitrogens with one attached hydrogen (secondary N) is 2. The molecule has 9 heteroatoms. The fraction of sp³-hybridized carbons (Fsp3) is 0.300. The van der Waals surface area contributed by atoms with Gasteiger partial charge in [-0.25, -0.2) is 13.9 Å². The van der Waals surface area contributed by atoms with Crippen LogP contribution in [0.1, 0.15) is 13.8 Å². The Morgan fingerprint density at radius 3 is 2.58 bits per heavy atom. The molecule has 0 fully saturated rings. The Kier molecular flexibility index (Phi) is 4.54. The second-order valence-corrected chi connectivity index (χ2v) is 5.32. The Bertz CT molecular complexity index is 574. The molecule has 1 aromatic rings. The maximum atomic E-state index is 13.4. The Morgan fingerprint density at radius 1 is 1.42 bits per heavy atom. The normalized spacial score (nSPS) is 11.2. The van der Waals surface area contributed by atoms with Gasteiger partial charge >= 0.3 is 16.3 Å². The van der Waals surface area contributed by atoms with E-state index in [0.29, 0.717) is 0 Å². The van der Waals surface area contributed by atoms with Crippen LogP contribution in [0.4, 0.5) is 20.6 Å². The molecule has 0 unspecified atom stereocenters. The minimum atomic E-state index is -4.27. The number of rotatable bonds is 4. The van der Waals surface area contributed by atoms with Crippen LogP contribution in [0.5, 0.6) is 0 Å². The van der Waals surface area contributed by atoms with E-state index < -0.39 is 28.2 Å². The predicted molar refractivity (Wildman–Crippen MR) is 68.1 cm³/mol. The molecule has 0 aliphatic rings. The molecule has 7 nitrogen and oxygen atoms in total. The van der Waals surface area contributed by atoms with Gasteiger partial charge in [-0.2, -0.15) is 8.42 Å². The van der Waals surface area contributed by atoms with Crippen molar-refractivity contribution < 1.29 is 22.3 Å². The Morgan fingerprint density at radius 2 is 2.05 bits per heavy atom. The molecule has 19 heavy (non-hydrogen) atoms. The summed E-state index contributed by atoms with van der Waals surface area (Å²) in [5.41, 5.74) is 5.13. The molecule has 106 valence electrons. The van der Waals surface area contributed by atoms with Crippen molar-refractivity contribution in [3.05, 3.63) is 24.0 Å². The number of hydrogen-bond acceptors (Lipinski definition) is 5. The Labute approximate surface area is 110 Å². The monoisotopic (exact) mass is 291 g/mol. The van der Waals surface area contributed by atoms with Gasteiger partial charge in [0.05, 0.1) is 11.8 Å². The summed E-state index contributed by atoms with van der Waals surface area (Å²) in [6.07, 6.45) is -1.64. The standard InChI is InChI=1S/C10H14FN3O4S/c1-6(2)18-10(15)14-19(16,17)13-9-4-3-7(12)5-8(9)11/h3-6,13H,12H2,1-2H3,(H,14,15). The van der Waals surface area contributed by atoms with Gasteiger partial charge in [-0.05, 0) is 32.0 Å². The van der Waals surface area contributed by atoms with Crippen molar-refractivity contribution in [3.63, 3.8) is 0 Å². The number of nitrogens with two attached hydrogens (primary N) is 1. The van der Waals surface area contributed by atoms with Gasteiger partial charge < -0.3 is 10.5 Å². The number of amides is 1. The van der Waals surface area contributed by atoms with Crippen LogP contribution in [0.15, 0.2) is 18.2 Å². The SMILES string of the molecule is CC(C)OC(=O)NS(=O)(=O)Nc1ccc(N)cc1F. The first-order valence-electron chi connectivity index (χ1n) is 5.26. The van der Waals surface area contributed by atoms with Crippen molar-refractivity contribution in [1.82, 2.24) is 4.72 Å². The van der Waals surface area contributed by atoms with Gasteiger partial charge in [0.15, 0.2) is 0 Å². The molecule has 0 heterocycles. The van der Waals surface area contributed by atoms with Gasteiger partial charge in [-0.1, -0.05) is 0 Å². The number of nitrogen functional groups attached to an aromatic ring is 1. The molecular formula is C10H14FN3O4S. The largest absolute Gasteiger partial charge is 0.446 e. The highest BCUT2D eigenvalue weighted by Gasteiger charge is 2.18. The zero-order chi connectivity index (χ0) is 14.6. The van der Waals surface area contributed by atoms with Gasteiger partial charge in [-0.15, -0.1) is 0 Å². The lowest BCUT2D eigenvalue weighted by Gasteiger charge is -2.12. The van der Waals surface area contributed by atoms with E-state index in [0.717, 1.165) is 12.1 Å². The summed E-state index contributed by atoms with van der Waals surface area (Å²) in [7, 11) is -4.27. The van der Waals surface area contributed by atoms with Crippen LogP contribution in [0.3, 0.4) is 0 Å². The molecule has 0 radical (unpaired) electrons. The minimum Gasteiger partial charge on any atom is -0.446 e. The topological polar surface area (TPSA) is 111 Å². The zero-order valence-electron chi connectivity index (χ0n) is 10.3. The van der Waals surface area contributed by atoms with E-state index in [1.807, 2.05) is 4.72 Å². The summed E-state index contributed by atoms with van der Waals surface area (Å²) in [6, 6.07) is 3.40. The third-order valence-corrected chi connectivity index (χ3v) is 2.72. The number of hydrogen-bond donors (Lipinski definition) is 3. The van der Waals surface area contributed by atoms with E-state index in [9.17, 15) is 17.6 Å². The summed E-state index contributed by atoms with van der Waals surface area (Å²) in [5, 5.41) is 0. The third-order valence-electron chi connectivity index (χ3n) is 1.80. The molecule has 0 bridgehead atoms. The molecule has 0 atom stereocenters. The van der Waals surface area contributed by atoms with E-state index in [4.69, 9.17) is 5.73 Å². The third kappa shape index (κ3) is 5.00. The lowest BCUT2D eigenvalue weighted by molar-refractivity contribution is 0.121. The van der Waals surface area contributed by atoms with E-state index in [1.54, 1.807) is 18.6 Å². The first-order valence-corrected chi connectivity index (χ1v) is 6.74. The van der Waals surface area contributed by atoms with Crippen LogP contribution in [0.25, 0.3) is 0 Å². The van der Waals surface area contributed by atoms with Gasteiger partial charge in [0.25, 0.3) is 0 Å². The highest BCUT2D eigenvalue weighted by atomic mass is 32.2. The molecule has 0 aliphatic carbocycles. The molecule has 0 saturated heterocycles. The van der Waals surface area contributed by atoms with Crippen molar-refractivity contribution in [3.8, 4) is 0 Å². The van der Waals surface area contributed by atoms with Crippen LogP contribution in [0.2, 0.25) is 0 Å². The average Bonchev–Trinajstić information content (AvgIpc) is 2.19. The molecule has 1 rings (SSSR count). The van der Waals surface area contributed by atoms with Crippen molar-refractivity contribution in [2.24, 2.45) is 0 Å². The molecular weight excluding hydrogens is 277 g/mol. The number of carbonyl (C=O) groups excluding carboxylic acids is 1. The quantitative estimate of drug-likeness (QED) is 0.722. The van der Waals surface area contributed by atoms with Gasteiger partial charge in [0.2, 0.25) is 0 Å². The second kappa shape index (κ2) is 5.74. The number of ether oxygens (including phenoxy) is 1. The molecule has 0 spiro atoms. The van der Waals surface area contributed by atoms with E-state index >= 15 is 0 Å². The summed E-state index contributed by atoms with van der Waals surface area (Å²) in [5.74, 6) is -0.859. The smallest absolute Gasteiger partial charge is 0.422 e. The first-order chi connectivity index (χ1) is 8.69. The van der Waals surface area contributed by atoms with Crippen molar-refractivity contribution in [1.29, 1.82) is 0 Å². The number of benzene rings is 1. The van der Waals surface area contributed by atoms with Crippen LogP contribution < -0.4 is 15.2 Å². The van der Waals surface area contributed by atoms with Crippen LogP contribution in [-0.4, -0.2) is 20.6 Å². The predicted octanol–water partition coefficient (Wildman–Crippen LogP) is 1.20. The molecule has 0 aliphatic heterocycles. The lowest BCUT2D eigenvalue weighted by Crippen LogP contribution is -2.37. The van der Waals surface area contributed by atoms with Gasteiger partial charge in [-0.3, -0.25) is 4.72 Å². The second-order valence-electron chi connectivity index (χ2n) is 3.90. The molecule has 0 aromatic heterocycles. The van der Waals surface area contributed by atoms with Crippen molar-refractivity contribution in [2.75, 3.05) is 10.5 Å². The van der Waals surface area contributed by atoms with Gasteiger partial charge in [0, 0.05) is 5.69 Å². The number of anilines is 2. The molecule has 0 saturated carbocycles. The number of halogens is 1. The van der Waals surface area contributed by atoms with Crippen LogP contribution in [-0.2, 0) is 14.9 Å². The highest BCUT2D eigenvalue weighted by molar-refractivity contribution is 7.91. The first kappa shape index (κ1) is 15.0. The van der Waals surface area contributed by atoms with E-state index in [-0.39, 0.29) is 11.4 Å². The van der Waals surface area contributed by atoms with Crippen molar-refractivity contribution >= 4 is 27.7 Å². The van der Waals surface area contributed by atoms with E-state index in [2.05, 4.69) is 4.74 Å². The minimum absolute atomic E-state index is 0.146. The van der Waals surface area contributed by atoms with Crippen molar-refractivity contribution in [2.45, 2.75) is 20.0 Å². The Balaban J connectivity index is 2.77.